The first-order valence-corrected chi connectivity index (χ1v) is 7.43. The van der Waals surface area contributed by atoms with Crippen LogP contribution in [0.1, 0.15) is 38.3 Å². The lowest BCUT2D eigenvalue weighted by molar-refractivity contribution is 0.0767. The quantitative estimate of drug-likeness (QED) is 0.809. The molecule has 0 spiro atoms. The third-order valence-electron chi connectivity index (χ3n) is 4.01. The Morgan fingerprint density at radius 1 is 1.18 bits per heavy atom. The smallest absolute Gasteiger partial charge is 0.173 e. The molecule has 1 aliphatic rings. The zero-order valence-electron chi connectivity index (χ0n) is 12.8. The Labute approximate surface area is 129 Å². The number of carbonyl (C=O) groups is 2. The van der Waals surface area contributed by atoms with Gasteiger partial charge in [0.1, 0.15) is 5.75 Å². The van der Waals surface area contributed by atoms with E-state index in [2.05, 4.69) is 0 Å². The minimum atomic E-state index is -0.401. The number of carbonyl (C=O) groups excluding carboxylic acids is 2. The van der Waals surface area contributed by atoms with Crippen molar-refractivity contribution in [3.8, 4) is 5.75 Å². The third kappa shape index (κ3) is 2.67. The van der Waals surface area contributed by atoms with Gasteiger partial charge in [0.15, 0.2) is 11.6 Å². The summed E-state index contributed by atoms with van der Waals surface area (Å²) < 4.78 is 5.76. The van der Waals surface area contributed by atoms with Gasteiger partial charge in [-0.15, -0.1) is 0 Å². The highest BCUT2D eigenvalue weighted by molar-refractivity contribution is 6.05. The van der Waals surface area contributed by atoms with Crippen molar-refractivity contribution in [1.82, 2.24) is 0 Å². The van der Waals surface area contributed by atoms with Crippen molar-refractivity contribution in [2.24, 2.45) is 5.92 Å². The van der Waals surface area contributed by atoms with E-state index in [-0.39, 0.29) is 24.6 Å². The molecule has 0 saturated heterocycles. The molecule has 0 saturated carbocycles. The van der Waals surface area contributed by atoms with E-state index in [4.69, 9.17) is 4.74 Å². The van der Waals surface area contributed by atoms with Gasteiger partial charge in [-0.05, 0) is 31.0 Å². The van der Waals surface area contributed by atoms with Crippen molar-refractivity contribution < 1.29 is 14.3 Å². The molecular formula is C19H18O3. The Hall–Kier alpha value is -2.42. The first-order chi connectivity index (χ1) is 10.6. The van der Waals surface area contributed by atoms with E-state index in [0.717, 1.165) is 11.1 Å². The molecule has 0 aliphatic carbocycles. The van der Waals surface area contributed by atoms with Crippen molar-refractivity contribution in [2.75, 3.05) is 6.61 Å². The van der Waals surface area contributed by atoms with Crippen molar-refractivity contribution in [1.29, 1.82) is 0 Å². The number of hydrogen-bond acceptors (Lipinski definition) is 3. The van der Waals surface area contributed by atoms with Gasteiger partial charge in [0, 0.05) is 12.0 Å². The second-order valence-electron chi connectivity index (χ2n) is 5.82. The van der Waals surface area contributed by atoms with Crippen LogP contribution in [0, 0.1) is 19.8 Å². The second kappa shape index (κ2) is 5.76. The van der Waals surface area contributed by atoms with E-state index < -0.39 is 5.92 Å². The van der Waals surface area contributed by atoms with Crippen molar-refractivity contribution in [3.63, 3.8) is 0 Å². The minimum absolute atomic E-state index is 0.0114. The number of benzene rings is 2. The summed E-state index contributed by atoms with van der Waals surface area (Å²) in [6.45, 7) is 4.17. The Bertz CT molecular complexity index is 732. The third-order valence-corrected chi connectivity index (χ3v) is 4.01. The van der Waals surface area contributed by atoms with Crippen LogP contribution in [0.4, 0.5) is 0 Å². The molecule has 3 nitrogen and oxygen atoms in total. The molecule has 2 aromatic carbocycles. The normalized spacial score (nSPS) is 16.8. The summed E-state index contributed by atoms with van der Waals surface area (Å²) in [6, 6.07) is 12.9. The van der Waals surface area contributed by atoms with Crippen LogP contribution >= 0.6 is 0 Å². The predicted octanol–water partition coefficient (Wildman–Crippen LogP) is 3.77. The van der Waals surface area contributed by atoms with Gasteiger partial charge in [-0.25, -0.2) is 0 Å². The van der Waals surface area contributed by atoms with E-state index in [1.807, 2.05) is 44.2 Å². The molecule has 1 unspecified atom stereocenters. The summed E-state index contributed by atoms with van der Waals surface area (Å²) in [7, 11) is 0. The zero-order valence-corrected chi connectivity index (χ0v) is 12.8. The lowest BCUT2D eigenvalue weighted by atomic mass is 9.88. The zero-order chi connectivity index (χ0) is 15.7. The largest absolute Gasteiger partial charge is 0.492 e. The number of Topliss-reactive ketones (excluding diaryl/α,β-unsaturated/α-hetero) is 2. The standard InChI is InChI=1S/C19H18O3/c1-12-8-13(2)19-16(9-12)18(21)15(11-22-19)10-17(20)14-6-4-3-5-7-14/h3-9,15H,10-11H2,1-2H3. The molecule has 3 heteroatoms. The number of fused-ring (bicyclic) bond motifs is 1. The Morgan fingerprint density at radius 3 is 2.64 bits per heavy atom. The summed E-state index contributed by atoms with van der Waals surface area (Å²) >= 11 is 0. The topological polar surface area (TPSA) is 43.4 Å². The highest BCUT2D eigenvalue weighted by atomic mass is 16.5. The first kappa shape index (κ1) is 14.5. The Balaban J connectivity index is 1.83. The molecule has 0 amide bonds. The van der Waals surface area contributed by atoms with Gasteiger partial charge in [0.2, 0.25) is 0 Å². The molecule has 112 valence electrons. The maximum Gasteiger partial charge on any atom is 0.173 e. The van der Waals surface area contributed by atoms with Crippen molar-refractivity contribution in [2.45, 2.75) is 20.3 Å². The fraction of sp³-hybridized carbons (Fsp3) is 0.263. The highest BCUT2D eigenvalue weighted by Crippen LogP contribution is 2.33. The number of rotatable bonds is 3. The van der Waals surface area contributed by atoms with Gasteiger partial charge in [0.25, 0.3) is 0 Å². The number of aryl methyl sites for hydroxylation is 2. The maximum absolute atomic E-state index is 12.7. The van der Waals surface area contributed by atoms with Crippen LogP contribution in [0.15, 0.2) is 42.5 Å². The van der Waals surface area contributed by atoms with Gasteiger partial charge in [-0.2, -0.15) is 0 Å². The van der Waals surface area contributed by atoms with Gasteiger partial charge < -0.3 is 4.74 Å². The first-order valence-electron chi connectivity index (χ1n) is 7.43. The average Bonchev–Trinajstić information content (AvgIpc) is 2.51. The maximum atomic E-state index is 12.7. The van der Waals surface area contributed by atoms with Gasteiger partial charge in [0.05, 0.1) is 18.1 Å². The molecule has 0 fully saturated rings. The average molecular weight is 294 g/mol. The Kier molecular flexibility index (Phi) is 3.80. The Morgan fingerprint density at radius 2 is 1.91 bits per heavy atom. The van der Waals surface area contributed by atoms with Crippen molar-refractivity contribution >= 4 is 11.6 Å². The summed E-state index contributed by atoms with van der Waals surface area (Å²) in [6.07, 6.45) is 0.190. The van der Waals surface area contributed by atoms with E-state index in [9.17, 15) is 9.59 Å². The van der Waals surface area contributed by atoms with Crippen LogP contribution in [-0.4, -0.2) is 18.2 Å². The van der Waals surface area contributed by atoms with Crippen LogP contribution in [0.5, 0.6) is 5.75 Å². The summed E-state index contributed by atoms with van der Waals surface area (Å²) in [4.78, 5) is 25.0. The molecule has 1 heterocycles. The molecule has 22 heavy (non-hydrogen) atoms. The molecule has 0 aromatic heterocycles. The lowest BCUT2D eigenvalue weighted by Crippen LogP contribution is -2.30. The summed E-state index contributed by atoms with van der Waals surface area (Å²) in [5, 5.41) is 0. The number of hydrogen-bond donors (Lipinski definition) is 0. The van der Waals surface area contributed by atoms with E-state index in [1.165, 1.54) is 0 Å². The van der Waals surface area contributed by atoms with E-state index >= 15 is 0 Å². The van der Waals surface area contributed by atoms with Crippen LogP contribution in [0.25, 0.3) is 0 Å². The fourth-order valence-electron chi connectivity index (χ4n) is 2.93. The SMILES string of the molecule is Cc1cc(C)c2c(c1)C(=O)C(CC(=O)c1ccccc1)CO2. The fourth-order valence-corrected chi connectivity index (χ4v) is 2.93. The van der Waals surface area contributed by atoms with Crippen LogP contribution in [-0.2, 0) is 0 Å². The molecule has 2 aromatic rings. The van der Waals surface area contributed by atoms with Crippen LogP contribution in [0.2, 0.25) is 0 Å². The summed E-state index contributed by atoms with van der Waals surface area (Å²) in [5.41, 5.74) is 3.25. The lowest BCUT2D eigenvalue weighted by Gasteiger charge is -2.25. The van der Waals surface area contributed by atoms with Gasteiger partial charge in [-0.1, -0.05) is 36.4 Å². The van der Waals surface area contributed by atoms with E-state index in [1.54, 1.807) is 12.1 Å². The number of ether oxygens (including phenoxy) is 1. The molecule has 1 aliphatic heterocycles. The highest BCUT2D eigenvalue weighted by Gasteiger charge is 2.31. The molecule has 0 radical (unpaired) electrons. The minimum Gasteiger partial charge on any atom is -0.492 e. The molecule has 1 atom stereocenters. The molecular weight excluding hydrogens is 276 g/mol. The van der Waals surface area contributed by atoms with Gasteiger partial charge in [-0.3, -0.25) is 9.59 Å². The molecule has 0 bridgehead atoms. The van der Waals surface area contributed by atoms with Gasteiger partial charge >= 0.3 is 0 Å². The predicted molar refractivity (Wildman–Crippen MR) is 84.6 cm³/mol. The second-order valence-corrected chi connectivity index (χ2v) is 5.82. The van der Waals surface area contributed by atoms with Crippen molar-refractivity contribution in [3.05, 3.63) is 64.7 Å². The number of ketones is 2. The molecule has 0 N–H and O–H groups in total. The van der Waals surface area contributed by atoms with Crippen LogP contribution < -0.4 is 4.74 Å². The van der Waals surface area contributed by atoms with Crippen LogP contribution in [0.3, 0.4) is 0 Å². The molecule has 3 rings (SSSR count). The summed E-state index contributed by atoms with van der Waals surface area (Å²) in [5.74, 6) is 0.258. The monoisotopic (exact) mass is 294 g/mol. The van der Waals surface area contributed by atoms with E-state index in [0.29, 0.717) is 16.9 Å².